The standard InChI is InChI=1S/C15H24O4/c1-3-4-5-6-7-8-9-10-12-13(14(16)17)11(2)15(18)19-12/h12-13H,2-10H2,1H3,(H,16,17)/t12-,13+/m0/s1. The summed E-state index contributed by atoms with van der Waals surface area (Å²) in [7, 11) is 0. The van der Waals surface area contributed by atoms with E-state index in [0.717, 1.165) is 12.8 Å². The highest BCUT2D eigenvalue weighted by atomic mass is 16.6. The summed E-state index contributed by atoms with van der Waals surface area (Å²) in [6.45, 7) is 5.70. The van der Waals surface area contributed by atoms with Crippen LogP contribution in [0.3, 0.4) is 0 Å². The number of carbonyl (C=O) groups excluding carboxylic acids is 1. The molecule has 1 heterocycles. The van der Waals surface area contributed by atoms with Gasteiger partial charge in [-0.1, -0.05) is 52.0 Å². The Kier molecular flexibility index (Phi) is 6.60. The van der Waals surface area contributed by atoms with E-state index in [1.54, 1.807) is 0 Å². The Morgan fingerprint density at radius 2 is 1.79 bits per heavy atom. The minimum atomic E-state index is -1.01. The van der Waals surface area contributed by atoms with E-state index in [4.69, 9.17) is 9.84 Å². The zero-order chi connectivity index (χ0) is 14.3. The van der Waals surface area contributed by atoms with Gasteiger partial charge in [0.1, 0.15) is 12.0 Å². The number of ether oxygens (including phenoxy) is 1. The van der Waals surface area contributed by atoms with E-state index in [0.29, 0.717) is 6.42 Å². The predicted molar refractivity (Wildman–Crippen MR) is 72.8 cm³/mol. The van der Waals surface area contributed by atoms with Gasteiger partial charge in [-0.05, 0) is 12.8 Å². The Morgan fingerprint density at radius 1 is 1.21 bits per heavy atom. The number of aliphatic carboxylic acids is 1. The Hall–Kier alpha value is -1.32. The van der Waals surface area contributed by atoms with Crippen LogP contribution in [0, 0.1) is 5.92 Å². The van der Waals surface area contributed by atoms with E-state index in [-0.39, 0.29) is 5.57 Å². The van der Waals surface area contributed by atoms with Gasteiger partial charge in [-0.25, -0.2) is 4.79 Å². The van der Waals surface area contributed by atoms with Crippen LogP contribution in [0.2, 0.25) is 0 Å². The summed E-state index contributed by atoms with van der Waals surface area (Å²) in [6.07, 6.45) is 8.25. The highest BCUT2D eigenvalue weighted by Gasteiger charge is 2.42. The van der Waals surface area contributed by atoms with Gasteiger partial charge >= 0.3 is 11.9 Å². The first-order valence-electron chi connectivity index (χ1n) is 7.20. The van der Waals surface area contributed by atoms with E-state index >= 15 is 0 Å². The Bertz CT molecular complexity index is 335. The molecule has 1 saturated heterocycles. The Balaban J connectivity index is 2.23. The summed E-state index contributed by atoms with van der Waals surface area (Å²) in [4.78, 5) is 22.4. The molecule has 1 fully saturated rings. The molecule has 0 aliphatic carbocycles. The number of rotatable bonds is 9. The van der Waals surface area contributed by atoms with Crippen molar-refractivity contribution in [2.75, 3.05) is 0 Å². The van der Waals surface area contributed by atoms with Crippen molar-refractivity contribution >= 4 is 11.9 Å². The molecule has 2 atom stereocenters. The van der Waals surface area contributed by atoms with Gasteiger partial charge in [0.05, 0.1) is 0 Å². The third-order valence-corrected chi connectivity index (χ3v) is 3.63. The third kappa shape index (κ3) is 4.69. The second-order valence-corrected chi connectivity index (χ2v) is 5.19. The molecular formula is C15H24O4. The van der Waals surface area contributed by atoms with Gasteiger partial charge in [0.2, 0.25) is 0 Å². The SMILES string of the molecule is C=C1C(=O)O[C@@H](CCCCCCCCC)[C@@H]1C(=O)O. The maximum absolute atomic E-state index is 11.3. The van der Waals surface area contributed by atoms with Crippen molar-refractivity contribution in [3.8, 4) is 0 Å². The van der Waals surface area contributed by atoms with Crippen LogP contribution in [0.25, 0.3) is 0 Å². The van der Waals surface area contributed by atoms with Gasteiger partial charge in [0.15, 0.2) is 0 Å². The van der Waals surface area contributed by atoms with Gasteiger partial charge in [0, 0.05) is 5.57 Å². The molecule has 0 unspecified atom stereocenters. The number of hydrogen-bond donors (Lipinski definition) is 1. The molecule has 1 N–H and O–H groups in total. The fourth-order valence-electron chi connectivity index (χ4n) is 2.47. The van der Waals surface area contributed by atoms with Crippen LogP contribution < -0.4 is 0 Å². The van der Waals surface area contributed by atoms with Crippen molar-refractivity contribution in [3.05, 3.63) is 12.2 Å². The van der Waals surface area contributed by atoms with E-state index in [9.17, 15) is 9.59 Å². The molecule has 0 aromatic rings. The van der Waals surface area contributed by atoms with Crippen LogP contribution in [0.15, 0.2) is 12.2 Å². The molecule has 0 spiro atoms. The third-order valence-electron chi connectivity index (χ3n) is 3.63. The fraction of sp³-hybridized carbons (Fsp3) is 0.733. The monoisotopic (exact) mass is 268 g/mol. The van der Waals surface area contributed by atoms with Crippen molar-refractivity contribution in [3.63, 3.8) is 0 Å². The molecule has 0 bridgehead atoms. The van der Waals surface area contributed by atoms with Crippen molar-refractivity contribution in [2.45, 2.75) is 64.4 Å². The van der Waals surface area contributed by atoms with Crippen LogP contribution >= 0.6 is 0 Å². The Morgan fingerprint density at radius 3 is 2.37 bits per heavy atom. The van der Waals surface area contributed by atoms with E-state index < -0.39 is 24.0 Å². The van der Waals surface area contributed by atoms with Crippen molar-refractivity contribution in [1.29, 1.82) is 0 Å². The van der Waals surface area contributed by atoms with E-state index in [1.807, 2.05) is 0 Å². The largest absolute Gasteiger partial charge is 0.481 e. The van der Waals surface area contributed by atoms with Crippen LogP contribution in [0.4, 0.5) is 0 Å². The van der Waals surface area contributed by atoms with Gasteiger partial charge in [-0.2, -0.15) is 0 Å². The first kappa shape index (κ1) is 15.7. The molecule has 0 aromatic heterocycles. The van der Waals surface area contributed by atoms with Gasteiger partial charge < -0.3 is 9.84 Å². The van der Waals surface area contributed by atoms with Crippen molar-refractivity contribution < 1.29 is 19.4 Å². The van der Waals surface area contributed by atoms with Gasteiger partial charge in [0.25, 0.3) is 0 Å². The summed E-state index contributed by atoms with van der Waals surface area (Å²) in [5.41, 5.74) is 0.0837. The molecule has 108 valence electrons. The average molecular weight is 268 g/mol. The number of carboxylic acid groups (broad SMARTS) is 1. The van der Waals surface area contributed by atoms with Crippen molar-refractivity contribution in [1.82, 2.24) is 0 Å². The minimum absolute atomic E-state index is 0.0837. The lowest BCUT2D eigenvalue weighted by molar-refractivity contribution is -0.144. The number of carbonyl (C=O) groups is 2. The maximum atomic E-state index is 11.3. The lowest BCUT2D eigenvalue weighted by Crippen LogP contribution is -2.24. The summed E-state index contributed by atoms with van der Waals surface area (Å²) in [6, 6.07) is 0. The number of hydrogen-bond acceptors (Lipinski definition) is 3. The molecule has 0 amide bonds. The lowest BCUT2D eigenvalue weighted by atomic mass is 9.93. The molecule has 0 radical (unpaired) electrons. The second-order valence-electron chi connectivity index (χ2n) is 5.19. The van der Waals surface area contributed by atoms with E-state index in [1.165, 1.54) is 32.1 Å². The van der Waals surface area contributed by atoms with E-state index in [2.05, 4.69) is 13.5 Å². The number of carboxylic acids is 1. The quantitative estimate of drug-likeness (QED) is 0.396. The van der Waals surface area contributed by atoms with Gasteiger partial charge in [-0.15, -0.1) is 0 Å². The number of esters is 1. The summed E-state index contributed by atoms with van der Waals surface area (Å²) >= 11 is 0. The average Bonchev–Trinajstić information content (AvgIpc) is 2.64. The maximum Gasteiger partial charge on any atom is 0.334 e. The molecule has 1 rings (SSSR count). The zero-order valence-electron chi connectivity index (χ0n) is 11.7. The molecule has 4 nitrogen and oxygen atoms in total. The molecule has 1 aliphatic heterocycles. The predicted octanol–water partition coefficient (Wildman–Crippen LogP) is 3.31. The lowest BCUT2D eigenvalue weighted by Gasteiger charge is -2.13. The van der Waals surface area contributed by atoms with Crippen LogP contribution in [-0.2, 0) is 14.3 Å². The smallest absolute Gasteiger partial charge is 0.334 e. The summed E-state index contributed by atoms with van der Waals surface area (Å²) < 4.78 is 5.07. The molecule has 19 heavy (non-hydrogen) atoms. The van der Waals surface area contributed by atoms with Crippen LogP contribution in [0.1, 0.15) is 58.3 Å². The highest BCUT2D eigenvalue weighted by Crippen LogP contribution is 2.30. The zero-order valence-corrected chi connectivity index (χ0v) is 11.7. The molecule has 1 aliphatic rings. The first-order chi connectivity index (χ1) is 9.07. The topological polar surface area (TPSA) is 63.6 Å². The number of cyclic esters (lactones) is 1. The van der Waals surface area contributed by atoms with Crippen LogP contribution in [0.5, 0.6) is 0 Å². The van der Waals surface area contributed by atoms with Crippen molar-refractivity contribution in [2.24, 2.45) is 5.92 Å². The minimum Gasteiger partial charge on any atom is -0.481 e. The molecule has 0 aromatic carbocycles. The normalized spacial score (nSPS) is 22.6. The molecular weight excluding hydrogens is 244 g/mol. The Labute approximate surface area is 114 Å². The van der Waals surface area contributed by atoms with Crippen LogP contribution in [-0.4, -0.2) is 23.1 Å². The van der Waals surface area contributed by atoms with Gasteiger partial charge in [-0.3, -0.25) is 4.79 Å². The summed E-state index contributed by atoms with van der Waals surface area (Å²) in [5.74, 6) is -2.42. The fourth-order valence-corrected chi connectivity index (χ4v) is 2.47. The summed E-state index contributed by atoms with van der Waals surface area (Å²) in [5, 5.41) is 9.08. The molecule has 4 heteroatoms. The highest BCUT2D eigenvalue weighted by molar-refractivity contribution is 5.97. The number of unbranched alkanes of at least 4 members (excludes halogenated alkanes) is 6. The molecule has 0 saturated carbocycles. The first-order valence-corrected chi connectivity index (χ1v) is 7.20. The second kappa shape index (κ2) is 7.97.